The van der Waals surface area contributed by atoms with Crippen LogP contribution in [-0.2, 0) is 13.0 Å². The lowest BCUT2D eigenvalue weighted by atomic mass is 10.1. The Morgan fingerprint density at radius 2 is 1.95 bits per heavy atom. The van der Waals surface area contributed by atoms with Crippen molar-refractivity contribution in [1.82, 2.24) is 10.3 Å². The maximum absolute atomic E-state index is 5.73. The van der Waals surface area contributed by atoms with E-state index in [4.69, 9.17) is 4.74 Å². The van der Waals surface area contributed by atoms with E-state index in [9.17, 15) is 0 Å². The highest BCUT2D eigenvalue weighted by atomic mass is 16.5. The number of pyridine rings is 1. The second kappa shape index (κ2) is 9.14. The number of ether oxygens (including phenoxy) is 1. The van der Waals surface area contributed by atoms with E-state index in [0.29, 0.717) is 6.61 Å². The van der Waals surface area contributed by atoms with Crippen LogP contribution in [-0.4, -0.2) is 18.1 Å². The summed E-state index contributed by atoms with van der Waals surface area (Å²) in [5, 5.41) is 3.35. The van der Waals surface area contributed by atoms with E-state index in [-0.39, 0.29) is 0 Å². The minimum absolute atomic E-state index is 0.675. The van der Waals surface area contributed by atoms with E-state index in [0.717, 1.165) is 25.3 Å². The van der Waals surface area contributed by atoms with Crippen molar-refractivity contribution >= 4 is 0 Å². The molecule has 0 bridgehead atoms. The molecular formula is C18H24N2O. The van der Waals surface area contributed by atoms with Crippen molar-refractivity contribution in [2.45, 2.75) is 32.7 Å². The molecule has 2 aromatic rings. The van der Waals surface area contributed by atoms with Crippen LogP contribution in [0.2, 0.25) is 0 Å². The van der Waals surface area contributed by atoms with E-state index >= 15 is 0 Å². The monoisotopic (exact) mass is 284 g/mol. The average Bonchev–Trinajstić information content (AvgIpc) is 2.55. The molecule has 0 radical (unpaired) electrons. The SMILES string of the molecule is CCCCc1ccc(OCCNCc2cccnc2)cc1. The van der Waals surface area contributed by atoms with Crippen LogP contribution in [0.15, 0.2) is 48.8 Å². The number of rotatable bonds is 9. The first kappa shape index (κ1) is 15.5. The second-order valence-electron chi connectivity index (χ2n) is 5.13. The van der Waals surface area contributed by atoms with Gasteiger partial charge in [-0.05, 0) is 42.2 Å². The average molecular weight is 284 g/mol. The van der Waals surface area contributed by atoms with Crippen molar-refractivity contribution < 1.29 is 4.74 Å². The first-order valence-electron chi connectivity index (χ1n) is 7.70. The van der Waals surface area contributed by atoms with E-state index < -0.39 is 0 Å². The zero-order chi connectivity index (χ0) is 14.8. The minimum atomic E-state index is 0.675. The fraction of sp³-hybridized carbons (Fsp3) is 0.389. The van der Waals surface area contributed by atoms with Gasteiger partial charge in [0, 0.05) is 25.5 Å². The first-order chi connectivity index (χ1) is 10.4. The van der Waals surface area contributed by atoms with Crippen molar-refractivity contribution in [3.63, 3.8) is 0 Å². The Hall–Kier alpha value is -1.87. The maximum Gasteiger partial charge on any atom is 0.119 e. The largest absolute Gasteiger partial charge is 0.492 e. The Kier molecular flexibility index (Phi) is 6.75. The van der Waals surface area contributed by atoms with Crippen molar-refractivity contribution in [2.75, 3.05) is 13.2 Å². The molecular weight excluding hydrogens is 260 g/mol. The molecule has 2 rings (SSSR count). The molecule has 0 spiro atoms. The molecule has 3 nitrogen and oxygen atoms in total. The molecule has 0 saturated carbocycles. The lowest BCUT2D eigenvalue weighted by molar-refractivity contribution is 0.313. The van der Waals surface area contributed by atoms with E-state index in [1.807, 2.05) is 12.3 Å². The molecule has 0 saturated heterocycles. The van der Waals surface area contributed by atoms with Crippen molar-refractivity contribution in [1.29, 1.82) is 0 Å². The number of aryl methyl sites for hydroxylation is 1. The summed E-state index contributed by atoms with van der Waals surface area (Å²) >= 11 is 0. The molecule has 3 heteroatoms. The number of hydrogen-bond acceptors (Lipinski definition) is 3. The van der Waals surface area contributed by atoms with Crippen LogP contribution in [0.25, 0.3) is 0 Å². The van der Waals surface area contributed by atoms with Crippen LogP contribution in [0.3, 0.4) is 0 Å². The van der Waals surface area contributed by atoms with Crippen LogP contribution >= 0.6 is 0 Å². The normalized spacial score (nSPS) is 10.5. The number of hydrogen-bond donors (Lipinski definition) is 1. The second-order valence-corrected chi connectivity index (χ2v) is 5.13. The summed E-state index contributed by atoms with van der Waals surface area (Å²) in [6.07, 6.45) is 7.31. The third-order valence-electron chi connectivity index (χ3n) is 3.34. The van der Waals surface area contributed by atoms with Crippen LogP contribution in [0.1, 0.15) is 30.9 Å². The van der Waals surface area contributed by atoms with Gasteiger partial charge in [-0.2, -0.15) is 0 Å². The van der Waals surface area contributed by atoms with Crippen molar-refractivity contribution in [3.8, 4) is 5.75 Å². The van der Waals surface area contributed by atoms with Crippen LogP contribution in [0.4, 0.5) is 0 Å². The Bertz CT molecular complexity index is 496. The van der Waals surface area contributed by atoms with Gasteiger partial charge in [-0.25, -0.2) is 0 Å². The third kappa shape index (κ3) is 5.96. The van der Waals surface area contributed by atoms with Gasteiger partial charge in [-0.3, -0.25) is 4.98 Å². The molecule has 0 aliphatic heterocycles. The van der Waals surface area contributed by atoms with E-state index in [1.54, 1.807) is 6.20 Å². The van der Waals surface area contributed by atoms with Crippen molar-refractivity contribution in [3.05, 3.63) is 59.9 Å². The highest BCUT2D eigenvalue weighted by molar-refractivity contribution is 5.27. The Labute approximate surface area is 127 Å². The van der Waals surface area contributed by atoms with Crippen LogP contribution in [0.5, 0.6) is 5.75 Å². The number of aromatic nitrogens is 1. The molecule has 0 amide bonds. The lowest BCUT2D eigenvalue weighted by Crippen LogP contribution is -2.20. The quantitative estimate of drug-likeness (QED) is 0.715. The fourth-order valence-corrected chi connectivity index (χ4v) is 2.11. The van der Waals surface area contributed by atoms with E-state index in [1.165, 1.54) is 24.0 Å². The zero-order valence-electron chi connectivity index (χ0n) is 12.7. The first-order valence-corrected chi connectivity index (χ1v) is 7.70. The summed E-state index contributed by atoms with van der Waals surface area (Å²) in [6, 6.07) is 12.5. The van der Waals surface area contributed by atoms with Crippen molar-refractivity contribution in [2.24, 2.45) is 0 Å². The predicted molar refractivity (Wildman–Crippen MR) is 86.5 cm³/mol. The highest BCUT2D eigenvalue weighted by Crippen LogP contribution is 2.13. The number of unbranched alkanes of at least 4 members (excludes halogenated alkanes) is 1. The number of benzene rings is 1. The summed E-state index contributed by atoms with van der Waals surface area (Å²) < 4.78 is 5.73. The van der Waals surface area contributed by atoms with E-state index in [2.05, 4.69) is 47.6 Å². The van der Waals surface area contributed by atoms with Gasteiger partial charge in [0.25, 0.3) is 0 Å². The van der Waals surface area contributed by atoms with Gasteiger partial charge in [-0.1, -0.05) is 31.5 Å². The predicted octanol–water partition coefficient (Wildman–Crippen LogP) is 3.59. The number of nitrogens with zero attached hydrogens (tertiary/aromatic N) is 1. The van der Waals surface area contributed by atoms with Crippen LogP contribution in [0, 0.1) is 0 Å². The standard InChI is InChI=1S/C18H24N2O/c1-2-3-5-16-7-9-18(10-8-16)21-13-12-20-15-17-6-4-11-19-14-17/h4,6-11,14,20H,2-3,5,12-13,15H2,1H3. The zero-order valence-corrected chi connectivity index (χ0v) is 12.7. The summed E-state index contributed by atoms with van der Waals surface area (Å²) in [6.45, 7) is 4.55. The molecule has 1 N–H and O–H groups in total. The summed E-state index contributed by atoms with van der Waals surface area (Å²) in [4.78, 5) is 4.09. The smallest absolute Gasteiger partial charge is 0.119 e. The molecule has 1 aromatic heterocycles. The summed E-state index contributed by atoms with van der Waals surface area (Å²) in [5.74, 6) is 0.943. The third-order valence-corrected chi connectivity index (χ3v) is 3.34. The van der Waals surface area contributed by atoms with Gasteiger partial charge in [0.05, 0.1) is 0 Å². The molecule has 0 unspecified atom stereocenters. The van der Waals surface area contributed by atoms with Gasteiger partial charge in [0.2, 0.25) is 0 Å². The highest BCUT2D eigenvalue weighted by Gasteiger charge is 1.96. The molecule has 0 aliphatic carbocycles. The van der Waals surface area contributed by atoms with Gasteiger partial charge >= 0.3 is 0 Å². The Balaban J connectivity index is 1.62. The Morgan fingerprint density at radius 3 is 2.67 bits per heavy atom. The van der Waals surface area contributed by atoms with Gasteiger partial charge in [-0.15, -0.1) is 0 Å². The topological polar surface area (TPSA) is 34.1 Å². The summed E-state index contributed by atoms with van der Waals surface area (Å²) in [7, 11) is 0. The minimum Gasteiger partial charge on any atom is -0.492 e. The Morgan fingerprint density at radius 1 is 1.10 bits per heavy atom. The maximum atomic E-state index is 5.73. The molecule has 0 atom stereocenters. The summed E-state index contributed by atoms with van der Waals surface area (Å²) in [5.41, 5.74) is 2.58. The molecule has 0 fully saturated rings. The van der Waals surface area contributed by atoms with Gasteiger partial charge in [0.15, 0.2) is 0 Å². The van der Waals surface area contributed by atoms with Gasteiger partial charge < -0.3 is 10.1 Å². The molecule has 0 aliphatic rings. The van der Waals surface area contributed by atoms with Gasteiger partial charge in [0.1, 0.15) is 12.4 Å². The molecule has 1 aromatic carbocycles. The fourth-order valence-electron chi connectivity index (χ4n) is 2.11. The van der Waals surface area contributed by atoms with Crippen LogP contribution < -0.4 is 10.1 Å². The molecule has 112 valence electrons. The molecule has 1 heterocycles. The number of nitrogens with one attached hydrogen (secondary N) is 1. The molecule has 21 heavy (non-hydrogen) atoms. The lowest BCUT2D eigenvalue weighted by Gasteiger charge is -2.08.